The number of nitrogens with zero attached hydrogens (tertiary/aromatic N) is 1. The smallest absolute Gasteiger partial charge is 0.264 e. The number of amides is 1. The molecular weight excluding hydrogens is 464 g/mol. The molecule has 8 heteroatoms. The van der Waals surface area contributed by atoms with Gasteiger partial charge in [-0.05, 0) is 74.7 Å². The van der Waals surface area contributed by atoms with Gasteiger partial charge in [-0.3, -0.25) is 9.10 Å². The van der Waals surface area contributed by atoms with Crippen molar-refractivity contribution in [2.45, 2.75) is 45.2 Å². The van der Waals surface area contributed by atoms with Crippen molar-refractivity contribution in [3.8, 4) is 11.5 Å². The summed E-state index contributed by atoms with van der Waals surface area (Å²) in [4.78, 5) is 13.1. The van der Waals surface area contributed by atoms with Crippen LogP contribution in [0.1, 0.15) is 30.5 Å². The molecule has 1 amide bonds. The van der Waals surface area contributed by atoms with E-state index in [2.05, 4.69) is 5.32 Å². The zero-order valence-corrected chi connectivity index (χ0v) is 21.6. The molecule has 35 heavy (non-hydrogen) atoms. The lowest BCUT2D eigenvalue weighted by atomic mass is 10.1. The standard InChI is InChI=1S/C27H32N2O5S/c1-19(2)34-25-14-13-22(16-26(25)33-5)17-28-27(30)18-29(24-15-20(3)11-12-21(24)4)35(31,32)23-9-7-6-8-10-23/h6-16,19H,17-18H2,1-5H3,(H,28,30). The van der Waals surface area contributed by atoms with Gasteiger partial charge in [-0.15, -0.1) is 0 Å². The number of rotatable bonds is 10. The fourth-order valence-corrected chi connectivity index (χ4v) is 5.07. The van der Waals surface area contributed by atoms with E-state index in [9.17, 15) is 13.2 Å². The Labute approximate surface area is 207 Å². The van der Waals surface area contributed by atoms with Gasteiger partial charge >= 0.3 is 0 Å². The Morgan fingerprint density at radius 2 is 1.69 bits per heavy atom. The molecule has 0 aromatic heterocycles. The number of carbonyl (C=O) groups is 1. The Morgan fingerprint density at radius 1 is 0.971 bits per heavy atom. The molecule has 0 bridgehead atoms. The van der Waals surface area contributed by atoms with Gasteiger partial charge in [0, 0.05) is 6.54 Å². The molecule has 0 aliphatic carbocycles. The quantitative estimate of drug-likeness (QED) is 0.443. The lowest BCUT2D eigenvalue weighted by molar-refractivity contribution is -0.119. The summed E-state index contributed by atoms with van der Waals surface area (Å²) in [5.74, 6) is 0.758. The second-order valence-corrected chi connectivity index (χ2v) is 10.4. The van der Waals surface area contributed by atoms with Gasteiger partial charge in [0.15, 0.2) is 11.5 Å². The first-order valence-electron chi connectivity index (χ1n) is 11.4. The minimum absolute atomic E-state index is 0.00270. The normalized spacial score (nSPS) is 11.3. The Kier molecular flexibility index (Phi) is 8.40. The topological polar surface area (TPSA) is 84.9 Å². The predicted molar refractivity (Wildman–Crippen MR) is 137 cm³/mol. The van der Waals surface area contributed by atoms with Crippen molar-refractivity contribution in [2.75, 3.05) is 18.0 Å². The fraction of sp³-hybridized carbons (Fsp3) is 0.296. The molecule has 1 N–H and O–H groups in total. The largest absolute Gasteiger partial charge is 0.493 e. The van der Waals surface area contributed by atoms with Crippen LogP contribution in [-0.4, -0.2) is 34.1 Å². The average molecular weight is 497 g/mol. The van der Waals surface area contributed by atoms with E-state index in [1.807, 2.05) is 45.9 Å². The van der Waals surface area contributed by atoms with E-state index in [1.165, 1.54) is 16.4 Å². The van der Waals surface area contributed by atoms with E-state index in [1.54, 1.807) is 43.5 Å². The van der Waals surface area contributed by atoms with Crippen molar-refractivity contribution < 1.29 is 22.7 Å². The first-order chi connectivity index (χ1) is 16.6. The number of benzene rings is 3. The molecule has 0 unspecified atom stereocenters. The van der Waals surface area contributed by atoms with Crippen LogP contribution >= 0.6 is 0 Å². The third-order valence-electron chi connectivity index (χ3n) is 5.33. The van der Waals surface area contributed by atoms with Crippen molar-refractivity contribution in [1.29, 1.82) is 0 Å². The number of sulfonamides is 1. The van der Waals surface area contributed by atoms with E-state index < -0.39 is 15.9 Å². The maximum atomic E-state index is 13.5. The summed E-state index contributed by atoms with van der Waals surface area (Å²) in [7, 11) is -2.41. The summed E-state index contributed by atoms with van der Waals surface area (Å²) >= 11 is 0. The van der Waals surface area contributed by atoms with Crippen LogP contribution < -0.4 is 19.1 Å². The van der Waals surface area contributed by atoms with Crippen molar-refractivity contribution in [1.82, 2.24) is 5.32 Å². The van der Waals surface area contributed by atoms with Crippen LogP contribution in [0, 0.1) is 13.8 Å². The number of carbonyl (C=O) groups excluding carboxylic acids is 1. The maximum absolute atomic E-state index is 13.5. The molecule has 0 fully saturated rings. The van der Waals surface area contributed by atoms with Crippen LogP contribution in [0.4, 0.5) is 5.69 Å². The highest BCUT2D eigenvalue weighted by atomic mass is 32.2. The van der Waals surface area contributed by atoms with Crippen LogP contribution in [0.2, 0.25) is 0 Å². The van der Waals surface area contributed by atoms with Crippen LogP contribution in [-0.2, 0) is 21.4 Å². The van der Waals surface area contributed by atoms with Gasteiger partial charge in [0.2, 0.25) is 5.91 Å². The first kappa shape index (κ1) is 26.1. The molecule has 186 valence electrons. The molecule has 0 atom stereocenters. The van der Waals surface area contributed by atoms with Gasteiger partial charge in [0.1, 0.15) is 6.54 Å². The summed E-state index contributed by atoms with van der Waals surface area (Å²) < 4.78 is 39.4. The molecule has 0 saturated carbocycles. The van der Waals surface area contributed by atoms with Crippen LogP contribution in [0.5, 0.6) is 11.5 Å². The number of nitrogens with one attached hydrogen (secondary N) is 1. The van der Waals surface area contributed by atoms with Crippen molar-refractivity contribution >= 4 is 21.6 Å². The zero-order valence-electron chi connectivity index (χ0n) is 20.7. The monoisotopic (exact) mass is 496 g/mol. The number of anilines is 1. The molecule has 0 saturated heterocycles. The first-order valence-corrected chi connectivity index (χ1v) is 12.8. The van der Waals surface area contributed by atoms with E-state index in [0.717, 1.165) is 16.7 Å². The number of hydrogen-bond donors (Lipinski definition) is 1. The molecule has 3 rings (SSSR count). The highest BCUT2D eigenvalue weighted by molar-refractivity contribution is 7.92. The molecule has 0 aliphatic rings. The Hall–Kier alpha value is -3.52. The molecule has 0 radical (unpaired) electrons. The van der Waals surface area contributed by atoms with E-state index in [4.69, 9.17) is 9.47 Å². The lowest BCUT2D eigenvalue weighted by Gasteiger charge is -2.26. The highest BCUT2D eigenvalue weighted by Crippen LogP contribution is 2.30. The highest BCUT2D eigenvalue weighted by Gasteiger charge is 2.28. The number of aryl methyl sites for hydroxylation is 2. The van der Waals surface area contributed by atoms with Gasteiger partial charge in [-0.1, -0.05) is 36.4 Å². The predicted octanol–water partition coefficient (Wildman–Crippen LogP) is 4.61. The average Bonchev–Trinajstić information content (AvgIpc) is 2.83. The van der Waals surface area contributed by atoms with Gasteiger partial charge in [0.05, 0.1) is 23.8 Å². The SMILES string of the molecule is COc1cc(CNC(=O)CN(c2cc(C)ccc2C)S(=O)(=O)c2ccccc2)ccc1OC(C)C. The number of ether oxygens (including phenoxy) is 2. The molecule has 7 nitrogen and oxygen atoms in total. The Balaban J connectivity index is 1.83. The molecular formula is C27H32N2O5S. The Morgan fingerprint density at radius 3 is 2.34 bits per heavy atom. The lowest BCUT2D eigenvalue weighted by Crippen LogP contribution is -2.41. The second kappa shape index (κ2) is 11.3. The van der Waals surface area contributed by atoms with Gasteiger partial charge in [-0.2, -0.15) is 0 Å². The molecule has 0 aliphatic heterocycles. The molecule has 0 heterocycles. The zero-order chi connectivity index (χ0) is 25.6. The third kappa shape index (κ3) is 6.54. The molecule has 0 spiro atoms. The molecule has 3 aromatic carbocycles. The summed E-state index contributed by atoms with van der Waals surface area (Å²) in [6, 6.07) is 19.1. The summed E-state index contributed by atoms with van der Waals surface area (Å²) in [5.41, 5.74) is 2.93. The summed E-state index contributed by atoms with van der Waals surface area (Å²) in [5, 5.41) is 2.83. The number of hydrogen-bond acceptors (Lipinski definition) is 5. The van der Waals surface area contributed by atoms with Crippen LogP contribution in [0.15, 0.2) is 71.6 Å². The minimum Gasteiger partial charge on any atom is -0.493 e. The fourth-order valence-electron chi connectivity index (χ4n) is 3.57. The molecule has 3 aromatic rings. The van der Waals surface area contributed by atoms with Crippen molar-refractivity contribution in [3.63, 3.8) is 0 Å². The minimum atomic E-state index is -3.96. The number of methoxy groups -OCH3 is 1. The van der Waals surface area contributed by atoms with Crippen LogP contribution in [0.25, 0.3) is 0 Å². The van der Waals surface area contributed by atoms with E-state index >= 15 is 0 Å². The summed E-state index contributed by atoms with van der Waals surface area (Å²) in [6.07, 6.45) is -0.00270. The van der Waals surface area contributed by atoms with Gasteiger partial charge < -0.3 is 14.8 Å². The third-order valence-corrected chi connectivity index (χ3v) is 7.11. The van der Waals surface area contributed by atoms with Gasteiger partial charge in [-0.25, -0.2) is 8.42 Å². The summed E-state index contributed by atoms with van der Waals surface area (Å²) in [6.45, 7) is 7.43. The van der Waals surface area contributed by atoms with E-state index in [-0.39, 0.29) is 24.1 Å². The van der Waals surface area contributed by atoms with E-state index in [0.29, 0.717) is 17.2 Å². The van der Waals surface area contributed by atoms with Crippen LogP contribution in [0.3, 0.4) is 0 Å². The maximum Gasteiger partial charge on any atom is 0.264 e. The second-order valence-electron chi connectivity index (χ2n) is 8.54. The van der Waals surface area contributed by atoms with Crippen molar-refractivity contribution in [3.05, 3.63) is 83.4 Å². The Bertz CT molecular complexity index is 1270. The van der Waals surface area contributed by atoms with Crippen molar-refractivity contribution in [2.24, 2.45) is 0 Å². The van der Waals surface area contributed by atoms with Gasteiger partial charge in [0.25, 0.3) is 10.0 Å².